The minimum absolute atomic E-state index is 0.127. The van der Waals surface area contributed by atoms with Crippen LogP contribution in [0.25, 0.3) is 5.69 Å². The Bertz CT molecular complexity index is 1160. The van der Waals surface area contributed by atoms with Crippen LogP contribution in [0, 0.1) is 24.0 Å². The number of benzene rings is 2. The lowest BCUT2D eigenvalue weighted by Gasteiger charge is -2.12. The van der Waals surface area contributed by atoms with E-state index in [1.165, 1.54) is 11.8 Å². The standard InChI is InChI=1S/C23H23F3N4O2/c1-14(2)17-5-8-20(9-6-17)29-15(3)11-18(16(29)4)13-27-28-21-10-7-19(23(24,25)26)12-22(21)30(31)32/h5-14,28H,1-4H3/b27-13-. The highest BCUT2D eigenvalue weighted by molar-refractivity contribution is 5.83. The summed E-state index contributed by atoms with van der Waals surface area (Å²) in [6, 6.07) is 12.4. The number of nitrogens with zero attached hydrogens (tertiary/aromatic N) is 3. The van der Waals surface area contributed by atoms with Gasteiger partial charge in [-0.1, -0.05) is 26.0 Å². The number of nitrogens with one attached hydrogen (secondary N) is 1. The van der Waals surface area contributed by atoms with Crippen molar-refractivity contribution in [2.45, 2.75) is 39.8 Å². The number of rotatable bonds is 6. The van der Waals surface area contributed by atoms with E-state index in [1.54, 1.807) is 0 Å². The number of alkyl halides is 3. The van der Waals surface area contributed by atoms with Crippen molar-refractivity contribution in [1.82, 2.24) is 4.57 Å². The van der Waals surface area contributed by atoms with Crippen molar-refractivity contribution < 1.29 is 18.1 Å². The van der Waals surface area contributed by atoms with Gasteiger partial charge >= 0.3 is 6.18 Å². The maximum absolute atomic E-state index is 12.8. The molecule has 0 amide bonds. The smallest absolute Gasteiger partial charge is 0.318 e. The van der Waals surface area contributed by atoms with Crippen LogP contribution in [-0.2, 0) is 6.18 Å². The largest absolute Gasteiger partial charge is 0.416 e. The van der Waals surface area contributed by atoms with E-state index in [2.05, 4.69) is 41.1 Å². The van der Waals surface area contributed by atoms with Crippen LogP contribution >= 0.6 is 0 Å². The fraction of sp³-hybridized carbons (Fsp3) is 0.261. The van der Waals surface area contributed by atoms with Crippen molar-refractivity contribution in [2.75, 3.05) is 5.43 Å². The molecule has 1 heterocycles. The van der Waals surface area contributed by atoms with Crippen LogP contribution in [0.1, 0.15) is 47.8 Å². The van der Waals surface area contributed by atoms with E-state index in [9.17, 15) is 23.3 Å². The molecule has 0 saturated carbocycles. The van der Waals surface area contributed by atoms with Gasteiger partial charge in [0.15, 0.2) is 0 Å². The predicted molar refractivity (Wildman–Crippen MR) is 119 cm³/mol. The summed E-state index contributed by atoms with van der Waals surface area (Å²) in [4.78, 5) is 10.3. The normalized spacial score (nSPS) is 12.0. The number of nitro benzene ring substituents is 1. The maximum atomic E-state index is 12.8. The number of hydrazone groups is 1. The van der Waals surface area contributed by atoms with Crippen LogP contribution in [-0.4, -0.2) is 15.7 Å². The number of aryl methyl sites for hydroxylation is 1. The molecule has 3 rings (SSSR count). The first-order valence-corrected chi connectivity index (χ1v) is 9.93. The highest BCUT2D eigenvalue weighted by Gasteiger charge is 2.33. The van der Waals surface area contributed by atoms with Gasteiger partial charge in [0, 0.05) is 28.7 Å². The van der Waals surface area contributed by atoms with Crippen molar-refractivity contribution in [2.24, 2.45) is 5.10 Å². The summed E-state index contributed by atoms with van der Waals surface area (Å²) in [5.41, 5.74) is 5.46. The van der Waals surface area contributed by atoms with Gasteiger partial charge in [-0.2, -0.15) is 18.3 Å². The molecule has 0 unspecified atom stereocenters. The third kappa shape index (κ3) is 4.82. The lowest BCUT2D eigenvalue weighted by molar-refractivity contribution is -0.384. The number of hydrogen-bond donors (Lipinski definition) is 1. The first-order chi connectivity index (χ1) is 15.0. The van der Waals surface area contributed by atoms with E-state index in [0.29, 0.717) is 12.0 Å². The molecule has 0 aliphatic heterocycles. The molecule has 32 heavy (non-hydrogen) atoms. The van der Waals surface area contributed by atoms with E-state index >= 15 is 0 Å². The molecule has 9 heteroatoms. The van der Waals surface area contributed by atoms with Gasteiger partial charge in [-0.15, -0.1) is 0 Å². The minimum Gasteiger partial charge on any atom is -0.318 e. The first-order valence-electron chi connectivity index (χ1n) is 9.93. The molecule has 0 spiro atoms. The molecule has 0 aliphatic carbocycles. The van der Waals surface area contributed by atoms with Crippen molar-refractivity contribution in [3.8, 4) is 5.69 Å². The summed E-state index contributed by atoms with van der Waals surface area (Å²) >= 11 is 0. The quantitative estimate of drug-likeness (QED) is 0.265. The minimum atomic E-state index is -4.67. The predicted octanol–water partition coefficient (Wildman–Crippen LogP) is 6.59. The van der Waals surface area contributed by atoms with E-state index in [-0.39, 0.29) is 5.69 Å². The van der Waals surface area contributed by atoms with Crippen LogP contribution < -0.4 is 5.43 Å². The Hall–Kier alpha value is -3.62. The fourth-order valence-electron chi connectivity index (χ4n) is 3.45. The lowest BCUT2D eigenvalue weighted by Crippen LogP contribution is -2.06. The molecule has 6 nitrogen and oxygen atoms in total. The fourth-order valence-corrected chi connectivity index (χ4v) is 3.45. The van der Waals surface area contributed by atoms with Crippen LogP contribution in [0.3, 0.4) is 0 Å². The third-order valence-corrected chi connectivity index (χ3v) is 5.20. The SMILES string of the molecule is Cc1cc(/C=N\Nc2ccc(C(F)(F)F)cc2[N+](=O)[O-])c(C)n1-c1ccc(C(C)C)cc1. The molecule has 168 valence electrons. The molecule has 0 atom stereocenters. The molecule has 0 fully saturated rings. The van der Waals surface area contributed by atoms with Crippen molar-refractivity contribution in [3.63, 3.8) is 0 Å². The highest BCUT2D eigenvalue weighted by atomic mass is 19.4. The highest BCUT2D eigenvalue weighted by Crippen LogP contribution is 2.35. The topological polar surface area (TPSA) is 72.5 Å². The molecule has 1 aromatic heterocycles. The summed E-state index contributed by atoms with van der Waals surface area (Å²) in [6.45, 7) is 8.13. The maximum Gasteiger partial charge on any atom is 0.416 e. The Morgan fingerprint density at radius 1 is 1.09 bits per heavy atom. The zero-order valence-corrected chi connectivity index (χ0v) is 18.1. The number of aromatic nitrogens is 1. The molecule has 0 radical (unpaired) electrons. The van der Waals surface area contributed by atoms with E-state index in [0.717, 1.165) is 34.8 Å². The zero-order chi connectivity index (χ0) is 23.6. The molecule has 0 aliphatic rings. The van der Waals surface area contributed by atoms with Gasteiger partial charge < -0.3 is 4.57 Å². The Morgan fingerprint density at radius 3 is 2.31 bits per heavy atom. The Balaban J connectivity index is 1.85. The first kappa shape index (κ1) is 23.1. The zero-order valence-electron chi connectivity index (χ0n) is 18.1. The Morgan fingerprint density at radius 2 is 1.75 bits per heavy atom. The second-order valence-corrected chi connectivity index (χ2v) is 7.76. The van der Waals surface area contributed by atoms with Crippen LogP contribution in [0.15, 0.2) is 53.6 Å². The number of anilines is 1. The molecule has 0 bridgehead atoms. The molecule has 1 N–H and O–H groups in total. The Kier molecular flexibility index (Phi) is 6.38. The van der Waals surface area contributed by atoms with Crippen molar-refractivity contribution in [3.05, 3.63) is 86.7 Å². The summed E-state index contributed by atoms with van der Waals surface area (Å²) in [5, 5.41) is 15.2. The molecule has 2 aromatic carbocycles. The molecular weight excluding hydrogens is 421 g/mol. The van der Waals surface area contributed by atoms with Crippen molar-refractivity contribution in [1.29, 1.82) is 0 Å². The van der Waals surface area contributed by atoms with Crippen LogP contribution in [0.4, 0.5) is 24.5 Å². The summed E-state index contributed by atoms with van der Waals surface area (Å²) in [6.07, 6.45) is -3.18. The summed E-state index contributed by atoms with van der Waals surface area (Å²) < 4.78 is 40.6. The van der Waals surface area contributed by atoms with Gasteiger partial charge in [0.05, 0.1) is 16.7 Å². The van der Waals surface area contributed by atoms with E-state index in [1.807, 2.05) is 32.0 Å². The van der Waals surface area contributed by atoms with Crippen LogP contribution in [0.2, 0.25) is 0 Å². The molecular formula is C23H23F3N4O2. The van der Waals surface area contributed by atoms with E-state index < -0.39 is 22.4 Å². The van der Waals surface area contributed by atoms with Crippen molar-refractivity contribution >= 4 is 17.6 Å². The Labute approximate surface area is 183 Å². The van der Waals surface area contributed by atoms with Gasteiger partial charge in [-0.05, 0) is 55.7 Å². The molecule has 3 aromatic rings. The third-order valence-electron chi connectivity index (χ3n) is 5.20. The number of nitro groups is 1. The second kappa shape index (κ2) is 8.86. The van der Waals surface area contributed by atoms with E-state index in [4.69, 9.17) is 0 Å². The second-order valence-electron chi connectivity index (χ2n) is 7.76. The van der Waals surface area contributed by atoms with Gasteiger partial charge in [0.25, 0.3) is 5.69 Å². The van der Waals surface area contributed by atoms with Crippen LogP contribution in [0.5, 0.6) is 0 Å². The number of hydrogen-bond acceptors (Lipinski definition) is 4. The van der Waals surface area contributed by atoms with Gasteiger partial charge in [-0.3, -0.25) is 15.5 Å². The van der Waals surface area contributed by atoms with Gasteiger partial charge in [0.2, 0.25) is 0 Å². The lowest BCUT2D eigenvalue weighted by atomic mass is 10.0. The average molecular weight is 444 g/mol. The van der Waals surface area contributed by atoms with Gasteiger partial charge in [0.1, 0.15) is 5.69 Å². The summed E-state index contributed by atoms with van der Waals surface area (Å²) in [5.74, 6) is 0.430. The number of halogens is 3. The molecule has 0 saturated heterocycles. The average Bonchev–Trinajstić information content (AvgIpc) is 3.00. The van der Waals surface area contributed by atoms with Gasteiger partial charge in [-0.25, -0.2) is 0 Å². The monoisotopic (exact) mass is 444 g/mol. The summed E-state index contributed by atoms with van der Waals surface area (Å²) in [7, 11) is 0.